The van der Waals surface area contributed by atoms with E-state index in [0.29, 0.717) is 0 Å². The van der Waals surface area contributed by atoms with Gasteiger partial charge in [-0.15, -0.1) is 0 Å². The number of anilines is 2. The largest absolute Gasteiger partial charge is 0.354 e. The fourth-order valence-corrected chi connectivity index (χ4v) is 4.06. The molecule has 5 heteroatoms. The minimum Gasteiger partial charge on any atom is -0.354 e. The third-order valence-electron chi connectivity index (χ3n) is 2.12. The Kier molecular flexibility index (Phi) is 4.69. The molecule has 0 radical (unpaired) electrons. The van der Waals surface area contributed by atoms with Crippen LogP contribution in [0.5, 0.6) is 0 Å². The lowest BCUT2D eigenvalue weighted by Crippen LogP contribution is -1.92. The zero-order valence-corrected chi connectivity index (χ0v) is 14.8. The summed E-state index contributed by atoms with van der Waals surface area (Å²) in [6, 6.07) is 12.1. The molecule has 0 aliphatic carbocycles. The van der Waals surface area contributed by atoms with Crippen molar-refractivity contribution in [3.05, 3.63) is 54.3 Å². The lowest BCUT2D eigenvalue weighted by molar-refractivity contribution is 1.47. The Bertz CT molecular complexity index is 514. The Balaban J connectivity index is 2.33. The number of halogens is 4. The van der Waals surface area contributed by atoms with Crippen molar-refractivity contribution in [3.8, 4) is 0 Å². The summed E-state index contributed by atoms with van der Waals surface area (Å²) in [6.45, 7) is 0. The Morgan fingerprint density at radius 3 is 1.76 bits per heavy atom. The first-order valence-electron chi connectivity index (χ1n) is 4.73. The highest BCUT2D eigenvalue weighted by molar-refractivity contribution is 9.11. The normalized spacial score (nSPS) is 10.4. The summed E-state index contributed by atoms with van der Waals surface area (Å²) in [5, 5.41) is 3.36. The van der Waals surface area contributed by atoms with Gasteiger partial charge in [-0.2, -0.15) is 0 Å². The summed E-state index contributed by atoms with van der Waals surface area (Å²) in [4.78, 5) is 0. The van der Waals surface area contributed by atoms with E-state index in [0.717, 1.165) is 29.3 Å². The highest BCUT2D eigenvalue weighted by atomic mass is 79.9. The summed E-state index contributed by atoms with van der Waals surface area (Å²) in [5.41, 5.74) is 2.05. The third kappa shape index (κ3) is 3.56. The summed E-state index contributed by atoms with van der Waals surface area (Å²) < 4.78 is 4.10. The van der Waals surface area contributed by atoms with Gasteiger partial charge in [-0.3, -0.25) is 0 Å². The van der Waals surface area contributed by atoms with Crippen molar-refractivity contribution in [1.82, 2.24) is 0 Å². The van der Waals surface area contributed by atoms with Gasteiger partial charge in [0.05, 0.1) is 5.69 Å². The predicted molar refractivity (Wildman–Crippen MR) is 87.0 cm³/mol. The van der Waals surface area contributed by atoms with Crippen molar-refractivity contribution in [2.45, 2.75) is 0 Å². The van der Waals surface area contributed by atoms with E-state index in [-0.39, 0.29) is 0 Å². The molecule has 0 aromatic heterocycles. The van der Waals surface area contributed by atoms with Gasteiger partial charge in [0.1, 0.15) is 0 Å². The molecule has 0 saturated carbocycles. The van der Waals surface area contributed by atoms with Gasteiger partial charge in [-0.25, -0.2) is 0 Å². The zero-order valence-electron chi connectivity index (χ0n) is 8.48. The monoisotopic (exact) mass is 481 g/mol. The van der Waals surface area contributed by atoms with E-state index in [1.54, 1.807) is 0 Å². The van der Waals surface area contributed by atoms with E-state index in [4.69, 9.17) is 0 Å². The van der Waals surface area contributed by atoms with E-state index >= 15 is 0 Å². The lowest BCUT2D eigenvalue weighted by atomic mass is 10.3. The molecule has 2 aromatic carbocycles. The second kappa shape index (κ2) is 5.87. The van der Waals surface area contributed by atoms with Crippen molar-refractivity contribution in [1.29, 1.82) is 0 Å². The molecule has 2 aromatic rings. The predicted octanol–water partition coefficient (Wildman–Crippen LogP) is 6.48. The Hall–Kier alpha value is 0.160. The van der Waals surface area contributed by atoms with Crippen molar-refractivity contribution in [2.75, 3.05) is 5.32 Å². The average Bonchev–Trinajstić information content (AvgIpc) is 2.26. The minimum absolute atomic E-state index is 1.00. The van der Waals surface area contributed by atoms with Crippen molar-refractivity contribution in [2.24, 2.45) is 0 Å². The topological polar surface area (TPSA) is 12.0 Å². The number of hydrogen-bond acceptors (Lipinski definition) is 1. The standard InChI is InChI=1S/C12H7Br4N/c13-7-1-3-9(4-2-7)17-12-10(15)5-8(14)6-11(12)16/h1-6,17H. The van der Waals surface area contributed by atoms with E-state index in [9.17, 15) is 0 Å². The van der Waals surface area contributed by atoms with Crippen LogP contribution >= 0.6 is 63.7 Å². The second-order valence-electron chi connectivity index (χ2n) is 3.38. The molecule has 88 valence electrons. The average molecular weight is 485 g/mol. The summed E-state index contributed by atoms with van der Waals surface area (Å²) >= 11 is 13.9. The molecule has 0 atom stereocenters. The van der Waals surface area contributed by atoms with Crippen LogP contribution in [0.25, 0.3) is 0 Å². The van der Waals surface area contributed by atoms with Crippen LogP contribution in [-0.2, 0) is 0 Å². The molecule has 2 rings (SSSR count). The highest BCUT2D eigenvalue weighted by Crippen LogP contribution is 2.36. The van der Waals surface area contributed by atoms with Crippen LogP contribution in [0.15, 0.2) is 54.3 Å². The quantitative estimate of drug-likeness (QED) is 0.514. The van der Waals surface area contributed by atoms with Crippen LogP contribution in [0.2, 0.25) is 0 Å². The van der Waals surface area contributed by atoms with Gasteiger partial charge in [0.15, 0.2) is 0 Å². The first-order valence-corrected chi connectivity index (χ1v) is 7.90. The number of hydrogen-bond donors (Lipinski definition) is 1. The van der Waals surface area contributed by atoms with E-state index in [1.807, 2.05) is 36.4 Å². The SMILES string of the molecule is Brc1ccc(Nc2c(Br)cc(Br)cc2Br)cc1. The maximum Gasteiger partial charge on any atom is 0.0673 e. The van der Waals surface area contributed by atoms with Gasteiger partial charge >= 0.3 is 0 Å². The molecule has 0 heterocycles. The summed E-state index contributed by atoms with van der Waals surface area (Å²) in [7, 11) is 0. The molecule has 1 nitrogen and oxygen atoms in total. The van der Waals surface area contributed by atoms with Crippen LogP contribution in [0, 0.1) is 0 Å². The molecule has 0 amide bonds. The van der Waals surface area contributed by atoms with E-state index in [1.165, 1.54) is 0 Å². The maximum absolute atomic E-state index is 3.54. The lowest BCUT2D eigenvalue weighted by Gasteiger charge is -2.11. The minimum atomic E-state index is 1.00. The fourth-order valence-electron chi connectivity index (χ4n) is 1.34. The molecule has 0 aliphatic rings. The van der Waals surface area contributed by atoms with Crippen molar-refractivity contribution >= 4 is 75.1 Å². The van der Waals surface area contributed by atoms with Gasteiger partial charge in [0.2, 0.25) is 0 Å². The van der Waals surface area contributed by atoms with Gasteiger partial charge in [-0.05, 0) is 68.3 Å². The van der Waals surface area contributed by atoms with Crippen LogP contribution in [0.3, 0.4) is 0 Å². The number of rotatable bonds is 2. The Labute approximate surface area is 134 Å². The van der Waals surface area contributed by atoms with Crippen LogP contribution in [0.4, 0.5) is 11.4 Å². The van der Waals surface area contributed by atoms with Gasteiger partial charge < -0.3 is 5.32 Å². The molecule has 0 spiro atoms. The summed E-state index contributed by atoms with van der Waals surface area (Å²) in [5.74, 6) is 0. The molecular weight excluding hydrogens is 478 g/mol. The van der Waals surface area contributed by atoms with Crippen LogP contribution in [0.1, 0.15) is 0 Å². The van der Waals surface area contributed by atoms with Crippen molar-refractivity contribution in [3.63, 3.8) is 0 Å². The van der Waals surface area contributed by atoms with E-state index in [2.05, 4.69) is 69.0 Å². The first-order chi connectivity index (χ1) is 8.06. The molecule has 17 heavy (non-hydrogen) atoms. The number of nitrogens with one attached hydrogen (secondary N) is 1. The molecule has 0 unspecified atom stereocenters. The molecule has 0 fully saturated rings. The smallest absolute Gasteiger partial charge is 0.0673 e. The van der Waals surface area contributed by atoms with E-state index < -0.39 is 0 Å². The molecule has 0 bridgehead atoms. The van der Waals surface area contributed by atoms with Crippen LogP contribution < -0.4 is 5.32 Å². The Morgan fingerprint density at radius 2 is 1.24 bits per heavy atom. The highest BCUT2D eigenvalue weighted by Gasteiger charge is 2.06. The molecule has 1 N–H and O–H groups in total. The Morgan fingerprint density at radius 1 is 0.706 bits per heavy atom. The fraction of sp³-hybridized carbons (Fsp3) is 0. The molecule has 0 saturated heterocycles. The first kappa shape index (κ1) is 13.6. The second-order valence-corrected chi connectivity index (χ2v) is 6.92. The number of benzene rings is 2. The summed E-state index contributed by atoms with van der Waals surface area (Å²) in [6.07, 6.45) is 0. The zero-order chi connectivity index (χ0) is 12.4. The van der Waals surface area contributed by atoms with Gasteiger partial charge in [0.25, 0.3) is 0 Å². The van der Waals surface area contributed by atoms with Gasteiger partial charge in [0, 0.05) is 23.6 Å². The van der Waals surface area contributed by atoms with Crippen LogP contribution in [-0.4, -0.2) is 0 Å². The molecular formula is C12H7Br4N. The van der Waals surface area contributed by atoms with Crippen molar-refractivity contribution < 1.29 is 0 Å². The maximum atomic E-state index is 3.54. The third-order valence-corrected chi connectivity index (χ3v) is 4.36. The molecule has 0 aliphatic heterocycles. The van der Waals surface area contributed by atoms with Gasteiger partial charge in [-0.1, -0.05) is 31.9 Å².